The Labute approximate surface area is 127 Å². The van der Waals surface area contributed by atoms with Gasteiger partial charge < -0.3 is 5.32 Å². The molecule has 1 aromatic carbocycles. The van der Waals surface area contributed by atoms with E-state index in [0.717, 1.165) is 40.3 Å². The van der Waals surface area contributed by atoms with E-state index in [9.17, 15) is 0 Å². The first-order chi connectivity index (χ1) is 9.20. The van der Waals surface area contributed by atoms with Gasteiger partial charge in [-0.3, -0.25) is 4.98 Å². The minimum absolute atomic E-state index is 0.757. The van der Waals surface area contributed by atoms with Gasteiger partial charge in [0, 0.05) is 28.8 Å². The fourth-order valence-corrected chi connectivity index (χ4v) is 2.53. The molecule has 1 aromatic heterocycles. The van der Waals surface area contributed by atoms with Crippen molar-refractivity contribution in [2.45, 2.75) is 26.4 Å². The van der Waals surface area contributed by atoms with Gasteiger partial charge in [-0.05, 0) is 41.8 Å². The summed E-state index contributed by atoms with van der Waals surface area (Å²) in [6, 6.07) is 9.92. The van der Waals surface area contributed by atoms with E-state index in [2.05, 4.69) is 39.2 Å². The Morgan fingerprint density at radius 2 is 2.05 bits per heavy atom. The number of rotatable bonds is 5. The van der Waals surface area contributed by atoms with Crippen LogP contribution in [0.5, 0.6) is 0 Å². The maximum absolute atomic E-state index is 6.00. The number of aryl methyl sites for hydroxylation is 1. The minimum Gasteiger partial charge on any atom is -0.307 e. The van der Waals surface area contributed by atoms with Crippen LogP contribution in [0.3, 0.4) is 0 Å². The minimum atomic E-state index is 0.757. The summed E-state index contributed by atoms with van der Waals surface area (Å²) in [6.07, 6.45) is 2.84. The first-order valence-electron chi connectivity index (χ1n) is 6.28. The normalized spacial score (nSPS) is 10.7. The van der Waals surface area contributed by atoms with E-state index in [1.165, 1.54) is 5.56 Å². The van der Waals surface area contributed by atoms with Crippen molar-refractivity contribution in [3.05, 3.63) is 62.8 Å². The second-order valence-electron chi connectivity index (χ2n) is 4.30. The largest absolute Gasteiger partial charge is 0.307 e. The molecule has 0 bridgehead atoms. The van der Waals surface area contributed by atoms with Crippen LogP contribution in [-0.4, -0.2) is 4.98 Å². The summed E-state index contributed by atoms with van der Waals surface area (Å²) in [6.45, 7) is 3.68. The molecule has 100 valence electrons. The van der Waals surface area contributed by atoms with Crippen LogP contribution < -0.4 is 5.32 Å². The molecule has 0 fully saturated rings. The third-order valence-electron chi connectivity index (χ3n) is 2.98. The number of nitrogens with zero attached hydrogens (tertiary/aromatic N) is 1. The third kappa shape index (κ3) is 4.03. The van der Waals surface area contributed by atoms with Crippen molar-refractivity contribution in [3.8, 4) is 0 Å². The summed E-state index contributed by atoms with van der Waals surface area (Å²) in [4.78, 5) is 4.42. The van der Waals surface area contributed by atoms with Crippen molar-refractivity contribution in [2.75, 3.05) is 0 Å². The lowest BCUT2D eigenvalue weighted by Crippen LogP contribution is -2.15. The Morgan fingerprint density at radius 3 is 2.84 bits per heavy atom. The zero-order chi connectivity index (χ0) is 13.7. The van der Waals surface area contributed by atoms with Crippen molar-refractivity contribution >= 4 is 27.5 Å². The maximum atomic E-state index is 6.00. The molecule has 0 unspecified atom stereocenters. The first kappa shape index (κ1) is 14.5. The van der Waals surface area contributed by atoms with Crippen molar-refractivity contribution in [2.24, 2.45) is 0 Å². The Bertz CT molecular complexity index is 558. The van der Waals surface area contributed by atoms with Crippen molar-refractivity contribution in [1.29, 1.82) is 0 Å². The van der Waals surface area contributed by atoms with Crippen molar-refractivity contribution in [1.82, 2.24) is 10.3 Å². The molecule has 1 N–H and O–H groups in total. The van der Waals surface area contributed by atoms with Gasteiger partial charge >= 0.3 is 0 Å². The van der Waals surface area contributed by atoms with Gasteiger partial charge in [0.05, 0.1) is 5.69 Å². The smallest absolute Gasteiger partial charge is 0.0573 e. The van der Waals surface area contributed by atoms with Gasteiger partial charge in [0.2, 0.25) is 0 Å². The number of nitrogens with one attached hydrogen (secondary N) is 1. The summed E-state index contributed by atoms with van der Waals surface area (Å²) < 4.78 is 1.07. The lowest BCUT2D eigenvalue weighted by atomic mass is 10.1. The summed E-state index contributed by atoms with van der Waals surface area (Å²) in [5, 5.41) is 4.17. The first-order valence-corrected chi connectivity index (χ1v) is 7.45. The van der Waals surface area contributed by atoms with Gasteiger partial charge in [-0.2, -0.15) is 0 Å². The Morgan fingerprint density at radius 1 is 1.21 bits per heavy atom. The molecule has 2 rings (SSSR count). The van der Waals surface area contributed by atoms with Gasteiger partial charge in [0.1, 0.15) is 0 Å². The van der Waals surface area contributed by atoms with E-state index in [-0.39, 0.29) is 0 Å². The number of hydrogen-bond donors (Lipinski definition) is 1. The lowest BCUT2D eigenvalue weighted by molar-refractivity contribution is 0.672. The van der Waals surface area contributed by atoms with E-state index in [1.54, 1.807) is 0 Å². The van der Waals surface area contributed by atoms with E-state index < -0.39 is 0 Å². The van der Waals surface area contributed by atoms with Crippen LogP contribution in [0.4, 0.5) is 0 Å². The molecular weight excluding hydrogens is 324 g/mol. The zero-order valence-corrected chi connectivity index (χ0v) is 13.1. The SMILES string of the molecule is CCc1cccnc1CNCc1cc(Cl)ccc1Br. The lowest BCUT2D eigenvalue weighted by Gasteiger charge is -2.09. The molecule has 0 atom stereocenters. The molecule has 2 aromatic rings. The third-order valence-corrected chi connectivity index (χ3v) is 3.99. The summed E-state index contributed by atoms with van der Waals surface area (Å²) in [5.41, 5.74) is 3.56. The van der Waals surface area contributed by atoms with Crippen LogP contribution in [0, 0.1) is 0 Å². The van der Waals surface area contributed by atoms with Crippen LogP contribution in [0.1, 0.15) is 23.7 Å². The quantitative estimate of drug-likeness (QED) is 0.876. The van der Waals surface area contributed by atoms with Crippen LogP contribution in [0.25, 0.3) is 0 Å². The van der Waals surface area contributed by atoms with E-state index >= 15 is 0 Å². The number of halogens is 2. The Hall–Kier alpha value is -0.900. The van der Waals surface area contributed by atoms with Gasteiger partial charge in [0.15, 0.2) is 0 Å². The topological polar surface area (TPSA) is 24.9 Å². The number of pyridine rings is 1. The molecule has 19 heavy (non-hydrogen) atoms. The molecule has 0 aliphatic heterocycles. The molecule has 0 aliphatic carbocycles. The summed E-state index contributed by atoms with van der Waals surface area (Å²) in [5.74, 6) is 0. The highest BCUT2D eigenvalue weighted by atomic mass is 79.9. The van der Waals surface area contributed by atoms with Gasteiger partial charge in [0.25, 0.3) is 0 Å². The van der Waals surface area contributed by atoms with Gasteiger partial charge in [-0.15, -0.1) is 0 Å². The maximum Gasteiger partial charge on any atom is 0.0573 e. The van der Waals surface area contributed by atoms with Crippen molar-refractivity contribution in [3.63, 3.8) is 0 Å². The fourth-order valence-electron chi connectivity index (χ4n) is 1.95. The number of aromatic nitrogens is 1. The molecule has 4 heteroatoms. The highest BCUT2D eigenvalue weighted by molar-refractivity contribution is 9.10. The molecule has 0 radical (unpaired) electrons. The van der Waals surface area contributed by atoms with Gasteiger partial charge in [-0.1, -0.05) is 40.5 Å². The van der Waals surface area contributed by atoms with E-state index in [1.807, 2.05) is 30.5 Å². The molecule has 0 saturated heterocycles. The van der Waals surface area contributed by atoms with Crippen LogP contribution >= 0.6 is 27.5 Å². The monoisotopic (exact) mass is 338 g/mol. The highest BCUT2D eigenvalue weighted by Crippen LogP contribution is 2.21. The Kier molecular flexibility index (Phi) is 5.37. The van der Waals surface area contributed by atoms with E-state index in [0.29, 0.717) is 0 Å². The number of hydrogen-bond acceptors (Lipinski definition) is 2. The fraction of sp³-hybridized carbons (Fsp3) is 0.267. The molecule has 2 nitrogen and oxygen atoms in total. The molecule has 0 spiro atoms. The van der Waals surface area contributed by atoms with Gasteiger partial charge in [-0.25, -0.2) is 0 Å². The van der Waals surface area contributed by atoms with Crippen molar-refractivity contribution < 1.29 is 0 Å². The van der Waals surface area contributed by atoms with Crippen LogP contribution in [0.15, 0.2) is 41.0 Å². The number of benzene rings is 1. The summed E-state index contributed by atoms with van der Waals surface area (Å²) in [7, 11) is 0. The predicted octanol–water partition coefficient (Wildman–Crippen LogP) is 4.35. The molecular formula is C15H16BrClN2. The molecule has 1 heterocycles. The highest BCUT2D eigenvalue weighted by Gasteiger charge is 2.03. The zero-order valence-electron chi connectivity index (χ0n) is 10.8. The summed E-state index contributed by atoms with van der Waals surface area (Å²) >= 11 is 9.53. The second kappa shape index (κ2) is 7.04. The average Bonchev–Trinajstić information content (AvgIpc) is 2.43. The van der Waals surface area contributed by atoms with E-state index in [4.69, 9.17) is 11.6 Å². The predicted molar refractivity (Wildman–Crippen MR) is 83.3 cm³/mol. The standard InChI is InChI=1S/C15H16BrClN2/c1-2-11-4-3-7-19-15(11)10-18-9-12-8-13(17)5-6-14(12)16/h3-8,18H,2,9-10H2,1H3. The second-order valence-corrected chi connectivity index (χ2v) is 5.59. The molecule has 0 saturated carbocycles. The Balaban J connectivity index is 1.98. The van der Waals surface area contributed by atoms with Crippen LogP contribution in [0.2, 0.25) is 5.02 Å². The molecule has 0 amide bonds. The average molecular weight is 340 g/mol. The van der Waals surface area contributed by atoms with Crippen LogP contribution in [-0.2, 0) is 19.5 Å². The molecule has 0 aliphatic rings.